The summed E-state index contributed by atoms with van der Waals surface area (Å²) in [5.41, 5.74) is 9.51. The van der Waals surface area contributed by atoms with Crippen molar-refractivity contribution in [3.05, 3.63) is 53.4 Å². The Bertz CT molecular complexity index is 577. The first-order valence-electron chi connectivity index (χ1n) is 6.78. The molecule has 1 atom stereocenters. The van der Waals surface area contributed by atoms with Gasteiger partial charge in [-0.2, -0.15) is 0 Å². The zero-order valence-corrected chi connectivity index (χ0v) is 10.8. The van der Waals surface area contributed by atoms with Crippen LogP contribution in [0.3, 0.4) is 0 Å². The molecule has 1 aromatic carbocycles. The zero-order valence-electron chi connectivity index (χ0n) is 10.8. The lowest BCUT2D eigenvalue weighted by molar-refractivity contribution is 0.537. The lowest BCUT2D eigenvalue weighted by Crippen LogP contribution is -2.19. The second-order valence-corrected chi connectivity index (χ2v) is 5.16. The van der Waals surface area contributed by atoms with Crippen molar-refractivity contribution in [2.75, 3.05) is 0 Å². The summed E-state index contributed by atoms with van der Waals surface area (Å²) >= 11 is 0. The Kier molecular flexibility index (Phi) is 3.34. The van der Waals surface area contributed by atoms with Crippen LogP contribution in [0.25, 0.3) is 0 Å². The maximum Gasteiger partial charge on any atom is 0.123 e. The molecular weight excluding hydrogens is 241 g/mol. The highest BCUT2D eigenvalue weighted by Gasteiger charge is 2.17. The third-order valence-corrected chi connectivity index (χ3v) is 3.78. The van der Waals surface area contributed by atoms with Crippen molar-refractivity contribution < 1.29 is 4.39 Å². The molecule has 0 saturated carbocycles. The third kappa shape index (κ3) is 2.54. The Morgan fingerprint density at radius 2 is 2.16 bits per heavy atom. The first-order chi connectivity index (χ1) is 9.24. The summed E-state index contributed by atoms with van der Waals surface area (Å²) in [5, 5.41) is 0. The van der Waals surface area contributed by atoms with E-state index in [1.165, 1.54) is 36.4 Å². The minimum Gasteiger partial charge on any atom is -0.332 e. The molecular formula is C15H18FN3. The van der Waals surface area contributed by atoms with E-state index in [0.29, 0.717) is 6.54 Å². The lowest BCUT2D eigenvalue weighted by atomic mass is 10.0. The molecule has 2 aromatic rings. The van der Waals surface area contributed by atoms with Crippen LogP contribution in [0, 0.1) is 5.82 Å². The Labute approximate surface area is 112 Å². The first kappa shape index (κ1) is 12.4. The van der Waals surface area contributed by atoms with Crippen LogP contribution in [0.5, 0.6) is 0 Å². The van der Waals surface area contributed by atoms with Gasteiger partial charge in [-0.25, -0.2) is 9.37 Å². The molecule has 1 aromatic heterocycles. The van der Waals surface area contributed by atoms with Crippen molar-refractivity contribution >= 4 is 0 Å². The van der Waals surface area contributed by atoms with Crippen molar-refractivity contribution in [2.45, 2.75) is 38.3 Å². The lowest BCUT2D eigenvalue weighted by Gasteiger charge is -2.17. The molecule has 0 bridgehead atoms. The molecule has 0 radical (unpaired) electrons. The number of aromatic nitrogens is 2. The smallest absolute Gasteiger partial charge is 0.123 e. The fourth-order valence-electron chi connectivity index (χ4n) is 2.74. The molecule has 0 fully saturated rings. The van der Waals surface area contributed by atoms with E-state index in [1.807, 2.05) is 12.4 Å². The highest BCUT2D eigenvalue weighted by atomic mass is 19.1. The number of nitrogens with two attached hydrogens (primary N) is 1. The van der Waals surface area contributed by atoms with Crippen LogP contribution in [0.4, 0.5) is 4.39 Å². The van der Waals surface area contributed by atoms with Crippen molar-refractivity contribution in [3.63, 3.8) is 0 Å². The van der Waals surface area contributed by atoms with Crippen molar-refractivity contribution in [3.8, 4) is 0 Å². The van der Waals surface area contributed by atoms with E-state index < -0.39 is 0 Å². The number of fused-ring (bicyclic) bond motifs is 1. The van der Waals surface area contributed by atoms with Crippen molar-refractivity contribution in [1.82, 2.24) is 9.55 Å². The molecule has 0 spiro atoms. The van der Waals surface area contributed by atoms with E-state index in [2.05, 4.69) is 9.55 Å². The van der Waals surface area contributed by atoms with Gasteiger partial charge in [-0.05, 0) is 43.4 Å². The van der Waals surface area contributed by atoms with E-state index in [1.54, 1.807) is 6.07 Å². The minimum absolute atomic E-state index is 0.198. The van der Waals surface area contributed by atoms with Crippen LogP contribution in [0.1, 0.15) is 35.8 Å². The van der Waals surface area contributed by atoms with Gasteiger partial charge < -0.3 is 10.3 Å². The molecule has 100 valence electrons. The summed E-state index contributed by atoms with van der Waals surface area (Å²) in [6.07, 6.45) is 6.45. The standard InChI is InChI=1S/C15H18FN3/c16-12-5-3-4-11(8-12)13(17)9-19-10-18-14-6-1-2-7-15(14)19/h3-5,8,10,13H,1-2,6-7,9,17H2. The Balaban J connectivity index is 1.79. The number of hydrogen-bond acceptors (Lipinski definition) is 2. The number of nitrogens with zero attached hydrogens (tertiary/aromatic N) is 2. The third-order valence-electron chi connectivity index (χ3n) is 3.78. The van der Waals surface area contributed by atoms with Gasteiger partial charge in [0.1, 0.15) is 5.82 Å². The molecule has 2 N–H and O–H groups in total. The fraction of sp³-hybridized carbons (Fsp3) is 0.400. The molecule has 0 saturated heterocycles. The van der Waals surface area contributed by atoms with E-state index in [9.17, 15) is 4.39 Å². The number of benzene rings is 1. The normalized spacial score (nSPS) is 16.1. The summed E-state index contributed by atoms with van der Waals surface area (Å²) in [4.78, 5) is 4.45. The van der Waals surface area contributed by atoms with E-state index >= 15 is 0 Å². The summed E-state index contributed by atoms with van der Waals surface area (Å²) in [6.45, 7) is 0.659. The van der Waals surface area contributed by atoms with Gasteiger partial charge in [-0.15, -0.1) is 0 Å². The van der Waals surface area contributed by atoms with Crippen LogP contribution in [-0.2, 0) is 19.4 Å². The molecule has 4 heteroatoms. The quantitative estimate of drug-likeness (QED) is 0.920. The van der Waals surface area contributed by atoms with E-state index in [4.69, 9.17) is 5.73 Å². The predicted molar refractivity (Wildman–Crippen MR) is 72.2 cm³/mol. The Morgan fingerprint density at radius 3 is 3.00 bits per heavy atom. The number of rotatable bonds is 3. The van der Waals surface area contributed by atoms with Crippen LogP contribution in [0.15, 0.2) is 30.6 Å². The summed E-state index contributed by atoms with van der Waals surface area (Å²) in [6, 6.07) is 6.32. The highest BCUT2D eigenvalue weighted by molar-refractivity contribution is 5.21. The zero-order chi connectivity index (χ0) is 13.2. The van der Waals surface area contributed by atoms with Gasteiger partial charge in [0, 0.05) is 18.3 Å². The first-order valence-corrected chi connectivity index (χ1v) is 6.78. The monoisotopic (exact) mass is 259 g/mol. The van der Waals surface area contributed by atoms with Crippen LogP contribution >= 0.6 is 0 Å². The topological polar surface area (TPSA) is 43.8 Å². The summed E-state index contributed by atoms with van der Waals surface area (Å²) in [5.74, 6) is -0.236. The fourth-order valence-corrected chi connectivity index (χ4v) is 2.74. The average molecular weight is 259 g/mol. The molecule has 1 heterocycles. The molecule has 19 heavy (non-hydrogen) atoms. The molecule has 3 nitrogen and oxygen atoms in total. The molecule has 1 aliphatic carbocycles. The molecule has 3 rings (SSSR count). The minimum atomic E-state index is -0.236. The molecule has 1 unspecified atom stereocenters. The van der Waals surface area contributed by atoms with Crippen molar-refractivity contribution in [2.24, 2.45) is 5.73 Å². The highest BCUT2D eigenvalue weighted by Crippen LogP contribution is 2.22. The van der Waals surface area contributed by atoms with E-state index in [0.717, 1.165) is 18.4 Å². The van der Waals surface area contributed by atoms with Gasteiger partial charge in [0.2, 0.25) is 0 Å². The largest absolute Gasteiger partial charge is 0.332 e. The van der Waals surface area contributed by atoms with Gasteiger partial charge in [-0.1, -0.05) is 12.1 Å². The number of imidazole rings is 1. The maximum atomic E-state index is 13.2. The SMILES string of the molecule is NC(Cn1cnc2c1CCCC2)c1cccc(F)c1. The van der Waals surface area contributed by atoms with Crippen molar-refractivity contribution in [1.29, 1.82) is 0 Å². The molecule has 0 amide bonds. The second kappa shape index (κ2) is 5.13. The summed E-state index contributed by atoms with van der Waals surface area (Å²) in [7, 11) is 0. The maximum absolute atomic E-state index is 13.2. The van der Waals surface area contributed by atoms with Crippen LogP contribution < -0.4 is 5.73 Å². The van der Waals surface area contributed by atoms with Gasteiger partial charge in [0.25, 0.3) is 0 Å². The summed E-state index contributed by atoms with van der Waals surface area (Å²) < 4.78 is 15.3. The number of aryl methyl sites for hydroxylation is 1. The molecule has 0 aliphatic heterocycles. The second-order valence-electron chi connectivity index (χ2n) is 5.16. The molecule has 1 aliphatic rings. The van der Waals surface area contributed by atoms with Crippen LogP contribution in [0.2, 0.25) is 0 Å². The van der Waals surface area contributed by atoms with Gasteiger partial charge in [0.15, 0.2) is 0 Å². The Hall–Kier alpha value is -1.68. The Morgan fingerprint density at radius 1 is 1.32 bits per heavy atom. The van der Waals surface area contributed by atoms with Crippen LogP contribution in [-0.4, -0.2) is 9.55 Å². The van der Waals surface area contributed by atoms with E-state index in [-0.39, 0.29) is 11.9 Å². The number of halogens is 1. The van der Waals surface area contributed by atoms with Gasteiger partial charge >= 0.3 is 0 Å². The average Bonchev–Trinajstić information content (AvgIpc) is 2.82. The van der Waals surface area contributed by atoms with Gasteiger partial charge in [0.05, 0.1) is 12.0 Å². The number of hydrogen-bond donors (Lipinski definition) is 1. The predicted octanol–water partition coefficient (Wildman–Crippen LogP) is 2.60. The van der Waals surface area contributed by atoms with Gasteiger partial charge in [-0.3, -0.25) is 0 Å².